The number of benzene rings is 1. The van der Waals surface area contributed by atoms with Gasteiger partial charge in [0, 0.05) is 48.4 Å². The molecule has 32 heavy (non-hydrogen) atoms. The summed E-state index contributed by atoms with van der Waals surface area (Å²) >= 11 is 14.1. The largest absolute Gasteiger partial charge is 0.374 e. The van der Waals surface area contributed by atoms with Crippen LogP contribution in [0, 0.1) is 6.92 Å². The number of thiazole rings is 1. The smallest absolute Gasteiger partial charge is 0.277 e. The predicted octanol–water partition coefficient (Wildman–Crippen LogP) is 4.71. The third-order valence-corrected chi connectivity index (χ3v) is 6.88. The van der Waals surface area contributed by atoms with Gasteiger partial charge in [0.15, 0.2) is 5.13 Å². The molecule has 0 aliphatic carbocycles. The SMILES string of the molecule is CCO[C@H]1CN(c2nccs2)CC1Nc1c(C)nc(-c2ccc(Cl)cc2Cl)n(CC)c1=O. The van der Waals surface area contributed by atoms with Crippen LogP contribution in [0.4, 0.5) is 10.8 Å². The molecule has 7 nitrogen and oxygen atoms in total. The van der Waals surface area contributed by atoms with Gasteiger partial charge in [-0.05, 0) is 39.0 Å². The maximum Gasteiger partial charge on any atom is 0.277 e. The summed E-state index contributed by atoms with van der Waals surface area (Å²) in [4.78, 5) is 24.8. The number of nitrogens with zero attached hydrogens (tertiary/aromatic N) is 4. The minimum atomic E-state index is -0.135. The van der Waals surface area contributed by atoms with Crippen molar-refractivity contribution in [3.05, 3.63) is 55.9 Å². The minimum absolute atomic E-state index is 0.0665. The van der Waals surface area contributed by atoms with E-state index in [2.05, 4.69) is 15.2 Å². The number of ether oxygens (including phenoxy) is 1. The molecule has 0 amide bonds. The molecule has 0 saturated carbocycles. The zero-order valence-corrected chi connectivity index (χ0v) is 20.5. The van der Waals surface area contributed by atoms with E-state index >= 15 is 0 Å². The monoisotopic (exact) mass is 493 g/mol. The van der Waals surface area contributed by atoms with Crippen molar-refractivity contribution in [1.82, 2.24) is 14.5 Å². The van der Waals surface area contributed by atoms with Gasteiger partial charge in [-0.1, -0.05) is 23.2 Å². The van der Waals surface area contributed by atoms with Crippen LogP contribution in [-0.4, -0.2) is 46.4 Å². The average Bonchev–Trinajstić information content (AvgIpc) is 3.41. The lowest BCUT2D eigenvalue weighted by molar-refractivity contribution is 0.0720. The summed E-state index contributed by atoms with van der Waals surface area (Å²) in [6.07, 6.45) is 1.73. The number of hydrogen-bond donors (Lipinski definition) is 1. The number of hydrogen-bond acceptors (Lipinski definition) is 7. The van der Waals surface area contributed by atoms with Gasteiger partial charge < -0.3 is 15.0 Å². The first kappa shape index (κ1) is 23.0. The molecule has 3 aromatic rings. The molecular weight excluding hydrogens is 469 g/mol. The van der Waals surface area contributed by atoms with Gasteiger partial charge in [0.1, 0.15) is 11.5 Å². The zero-order chi connectivity index (χ0) is 22.8. The van der Waals surface area contributed by atoms with Crippen molar-refractivity contribution in [2.45, 2.75) is 39.5 Å². The molecule has 0 bridgehead atoms. The van der Waals surface area contributed by atoms with Gasteiger partial charge in [-0.15, -0.1) is 11.3 Å². The fourth-order valence-electron chi connectivity index (χ4n) is 4.01. The van der Waals surface area contributed by atoms with Crippen LogP contribution in [0.5, 0.6) is 0 Å². The Bertz CT molecular complexity index is 1150. The Morgan fingerprint density at radius 2 is 2.09 bits per heavy atom. The van der Waals surface area contributed by atoms with Crippen molar-refractivity contribution < 1.29 is 4.74 Å². The number of halogens is 2. The molecule has 0 radical (unpaired) electrons. The van der Waals surface area contributed by atoms with Gasteiger partial charge in [0.2, 0.25) is 0 Å². The van der Waals surface area contributed by atoms with Crippen LogP contribution in [0.1, 0.15) is 19.5 Å². The van der Waals surface area contributed by atoms with Crippen LogP contribution in [0.15, 0.2) is 34.6 Å². The number of aromatic nitrogens is 3. The molecule has 1 aliphatic rings. The van der Waals surface area contributed by atoms with E-state index in [-0.39, 0.29) is 17.7 Å². The van der Waals surface area contributed by atoms with Crippen molar-refractivity contribution in [3.63, 3.8) is 0 Å². The highest BCUT2D eigenvalue weighted by molar-refractivity contribution is 7.13. The molecule has 2 atom stereocenters. The van der Waals surface area contributed by atoms with Crippen molar-refractivity contribution in [3.8, 4) is 11.4 Å². The number of nitrogens with one attached hydrogen (secondary N) is 1. The summed E-state index contributed by atoms with van der Waals surface area (Å²) in [5.74, 6) is 0.527. The van der Waals surface area contributed by atoms with Crippen molar-refractivity contribution >= 4 is 45.4 Å². The Hall–Kier alpha value is -2.13. The highest BCUT2D eigenvalue weighted by Gasteiger charge is 2.35. The van der Waals surface area contributed by atoms with Crippen LogP contribution in [0.2, 0.25) is 10.0 Å². The highest BCUT2D eigenvalue weighted by Crippen LogP contribution is 2.30. The topological polar surface area (TPSA) is 72.3 Å². The van der Waals surface area contributed by atoms with Crippen LogP contribution >= 0.6 is 34.5 Å². The molecule has 2 aromatic heterocycles. The second-order valence-electron chi connectivity index (χ2n) is 7.53. The molecule has 170 valence electrons. The van der Waals surface area contributed by atoms with Gasteiger partial charge in [-0.3, -0.25) is 9.36 Å². The molecule has 10 heteroatoms. The van der Waals surface area contributed by atoms with Crippen molar-refractivity contribution in [1.29, 1.82) is 0 Å². The second-order valence-corrected chi connectivity index (χ2v) is 9.25. The Balaban J connectivity index is 1.68. The molecule has 4 rings (SSSR count). The van der Waals surface area contributed by atoms with E-state index in [1.54, 1.807) is 40.3 Å². The van der Waals surface area contributed by atoms with Gasteiger partial charge in [0.05, 0.1) is 22.9 Å². The van der Waals surface area contributed by atoms with E-state index in [4.69, 9.17) is 32.9 Å². The minimum Gasteiger partial charge on any atom is -0.374 e. The molecule has 3 heterocycles. The van der Waals surface area contributed by atoms with E-state index in [9.17, 15) is 4.79 Å². The van der Waals surface area contributed by atoms with Gasteiger partial charge in [0.25, 0.3) is 5.56 Å². The van der Waals surface area contributed by atoms with Crippen LogP contribution in [-0.2, 0) is 11.3 Å². The second kappa shape index (κ2) is 9.79. The first-order valence-electron chi connectivity index (χ1n) is 10.5. The number of rotatable bonds is 7. The molecule has 1 fully saturated rings. The molecule has 1 saturated heterocycles. The highest BCUT2D eigenvalue weighted by atomic mass is 35.5. The lowest BCUT2D eigenvalue weighted by Gasteiger charge is -2.22. The maximum atomic E-state index is 13.5. The summed E-state index contributed by atoms with van der Waals surface area (Å²) in [7, 11) is 0. The standard InChI is InChI=1S/C22H25Cl2N5O2S/c1-4-29-20(15-7-6-14(23)10-16(15)24)26-13(3)19(21(29)30)27-17-11-28(12-18(17)31-5-2)22-25-8-9-32-22/h6-10,17-18,27H,4-5,11-12H2,1-3H3/t17?,18-/m0/s1. The molecule has 1 aliphatic heterocycles. The summed E-state index contributed by atoms with van der Waals surface area (Å²) < 4.78 is 7.62. The van der Waals surface area contributed by atoms with Gasteiger partial charge in [-0.25, -0.2) is 9.97 Å². The summed E-state index contributed by atoms with van der Waals surface area (Å²) in [6.45, 7) is 8.18. The van der Waals surface area contributed by atoms with Crippen LogP contribution in [0.25, 0.3) is 11.4 Å². The van der Waals surface area contributed by atoms with E-state index in [1.165, 1.54) is 0 Å². The summed E-state index contributed by atoms with van der Waals surface area (Å²) in [5.41, 5.74) is 1.64. The Labute approximate surface area is 201 Å². The van der Waals surface area contributed by atoms with Crippen LogP contribution < -0.4 is 15.8 Å². The van der Waals surface area contributed by atoms with E-state index in [0.29, 0.717) is 59.1 Å². The third kappa shape index (κ3) is 4.50. The predicted molar refractivity (Wildman–Crippen MR) is 132 cm³/mol. The van der Waals surface area contributed by atoms with Gasteiger partial charge in [-0.2, -0.15) is 0 Å². The van der Waals surface area contributed by atoms with E-state index < -0.39 is 0 Å². The molecule has 1 aromatic carbocycles. The average molecular weight is 494 g/mol. The normalized spacial score (nSPS) is 18.3. The van der Waals surface area contributed by atoms with E-state index in [0.717, 1.165) is 5.13 Å². The van der Waals surface area contributed by atoms with Crippen molar-refractivity contribution in [2.75, 3.05) is 29.9 Å². The Morgan fingerprint density at radius 3 is 2.75 bits per heavy atom. The number of aryl methyl sites for hydroxylation is 1. The fourth-order valence-corrected chi connectivity index (χ4v) is 5.16. The van der Waals surface area contributed by atoms with Crippen LogP contribution in [0.3, 0.4) is 0 Å². The van der Waals surface area contributed by atoms with E-state index in [1.807, 2.05) is 26.2 Å². The lowest BCUT2D eigenvalue weighted by Crippen LogP contribution is -2.38. The lowest BCUT2D eigenvalue weighted by atomic mass is 10.1. The first-order valence-corrected chi connectivity index (χ1v) is 12.2. The molecule has 0 spiro atoms. The van der Waals surface area contributed by atoms with Crippen molar-refractivity contribution in [2.24, 2.45) is 0 Å². The Kier molecular flexibility index (Phi) is 7.05. The molecule has 1 N–H and O–H groups in total. The molecule has 1 unspecified atom stereocenters. The van der Waals surface area contributed by atoms with Gasteiger partial charge >= 0.3 is 0 Å². The molecular formula is C22H25Cl2N5O2S. The summed E-state index contributed by atoms with van der Waals surface area (Å²) in [6, 6.07) is 5.13. The quantitative estimate of drug-likeness (QED) is 0.513. The number of anilines is 2. The first-order chi connectivity index (χ1) is 15.4. The zero-order valence-electron chi connectivity index (χ0n) is 18.1. The summed E-state index contributed by atoms with van der Waals surface area (Å²) in [5, 5.41) is 7.34. The maximum absolute atomic E-state index is 13.5. The fraction of sp³-hybridized carbons (Fsp3) is 0.409. The third-order valence-electron chi connectivity index (χ3n) is 5.50. The Morgan fingerprint density at radius 1 is 1.28 bits per heavy atom.